The Morgan fingerprint density at radius 3 is 2.39 bits per heavy atom. The van der Waals surface area contributed by atoms with Crippen LogP contribution in [0.15, 0.2) is 42.5 Å². The van der Waals surface area contributed by atoms with Gasteiger partial charge in [0.2, 0.25) is 21.8 Å². The minimum atomic E-state index is -3.87. The van der Waals surface area contributed by atoms with Crippen LogP contribution >= 0.6 is 23.2 Å². The summed E-state index contributed by atoms with van der Waals surface area (Å²) in [6.07, 6.45) is 3.04. The van der Waals surface area contributed by atoms with Gasteiger partial charge in [-0.15, -0.1) is 0 Å². The highest BCUT2D eigenvalue weighted by molar-refractivity contribution is 7.92. The van der Waals surface area contributed by atoms with Crippen molar-refractivity contribution < 1.29 is 22.7 Å². The van der Waals surface area contributed by atoms with E-state index in [9.17, 15) is 18.0 Å². The molecule has 36 heavy (non-hydrogen) atoms. The number of carbonyl (C=O) groups excluding carboxylic acids is 2. The number of para-hydroxylation sites is 2. The number of nitrogens with zero attached hydrogens (tertiary/aromatic N) is 2. The first kappa shape index (κ1) is 29.7. The van der Waals surface area contributed by atoms with Crippen molar-refractivity contribution in [3.63, 3.8) is 0 Å². The topological polar surface area (TPSA) is 96.0 Å². The van der Waals surface area contributed by atoms with Gasteiger partial charge in [-0.3, -0.25) is 13.9 Å². The summed E-state index contributed by atoms with van der Waals surface area (Å²) < 4.78 is 31.8. The molecule has 0 spiro atoms. The van der Waals surface area contributed by atoms with Gasteiger partial charge in [0.25, 0.3) is 0 Å². The highest BCUT2D eigenvalue weighted by Gasteiger charge is 2.32. The average Bonchev–Trinajstić information content (AvgIpc) is 2.83. The van der Waals surface area contributed by atoms with E-state index in [4.69, 9.17) is 27.9 Å². The van der Waals surface area contributed by atoms with Crippen LogP contribution in [0.5, 0.6) is 5.75 Å². The second-order valence-corrected chi connectivity index (χ2v) is 11.0. The predicted octanol–water partition coefficient (Wildman–Crippen LogP) is 4.49. The van der Waals surface area contributed by atoms with Gasteiger partial charge in [0.05, 0.1) is 19.1 Å². The number of unbranched alkanes of at least 4 members (excludes halogenated alkanes) is 1. The summed E-state index contributed by atoms with van der Waals surface area (Å²) >= 11 is 12.4. The highest BCUT2D eigenvalue weighted by atomic mass is 35.5. The number of hydrogen-bond acceptors (Lipinski definition) is 5. The Kier molecular flexibility index (Phi) is 11.3. The molecule has 1 N–H and O–H groups in total. The molecule has 1 atom stereocenters. The van der Waals surface area contributed by atoms with Crippen molar-refractivity contribution in [2.75, 3.05) is 30.8 Å². The maximum absolute atomic E-state index is 13.7. The zero-order valence-corrected chi connectivity index (χ0v) is 23.3. The number of anilines is 1. The molecule has 0 bridgehead atoms. The number of nitrogens with one attached hydrogen (secondary N) is 1. The third-order valence-electron chi connectivity index (χ3n) is 5.60. The van der Waals surface area contributed by atoms with Crippen molar-refractivity contribution in [3.8, 4) is 5.75 Å². The van der Waals surface area contributed by atoms with Crippen molar-refractivity contribution in [1.82, 2.24) is 10.2 Å². The maximum atomic E-state index is 13.7. The Balaban J connectivity index is 2.47. The van der Waals surface area contributed by atoms with Gasteiger partial charge in [-0.1, -0.05) is 61.7 Å². The van der Waals surface area contributed by atoms with E-state index in [0.717, 1.165) is 23.4 Å². The molecule has 2 rings (SSSR count). The second kappa shape index (κ2) is 13.7. The van der Waals surface area contributed by atoms with E-state index in [-0.39, 0.29) is 18.1 Å². The molecule has 11 heteroatoms. The van der Waals surface area contributed by atoms with Gasteiger partial charge in [0.1, 0.15) is 18.3 Å². The Bertz CT molecular complexity index is 1160. The van der Waals surface area contributed by atoms with Crippen LogP contribution in [0.4, 0.5) is 5.69 Å². The molecule has 0 saturated carbocycles. The molecular weight excluding hydrogens is 525 g/mol. The van der Waals surface area contributed by atoms with Crippen molar-refractivity contribution in [2.24, 2.45) is 0 Å². The Morgan fingerprint density at radius 1 is 1.11 bits per heavy atom. The van der Waals surface area contributed by atoms with Gasteiger partial charge in [-0.2, -0.15) is 0 Å². The van der Waals surface area contributed by atoms with E-state index in [2.05, 4.69) is 5.32 Å². The first-order valence-corrected chi connectivity index (χ1v) is 14.3. The van der Waals surface area contributed by atoms with Crippen molar-refractivity contribution in [2.45, 2.75) is 45.7 Å². The van der Waals surface area contributed by atoms with Crippen LogP contribution < -0.4 is 14.4 Å². The number of carbonyl (C=O) groups is 2. The summed E-state index contributed by atoms with van der Waals surface area (Å²) in [5, 5.41) is 3.65. The Morgan fingerprint density at radius 2 is 1.81 bits per heavy atom. The lowest BCUT2D eigenvalue weighted by molar-refractivity contribution is -0.140. The van der Waals surface area contributed by atoms with E-state index < -0.39 is 28.5 Å². The summed E-state index contributed by atoms with van der Waals surface area (Å²) in [4.78, 5) is 28.2. The smallest absolute Gasteiger partial charge is 0.244 e. The Hall–Kier alpha value is -2.49. The van der Waals surface area contributed by atoms with E-state index >= 15 is 0 Å². The molecule has 0 aliphatic rings. The number of sulfonamides is 1. The lowest BCUT2D eigenvalue weighted by Crippen LogP contribution is -2.52. The van der Waals surface area contributed by atoms with Gasteiger partial charge in [-0.25, -0.2) is 8.42 Å². The molecule has 0 radical (unpaired) electrons. The molecule has 0 aromatic heterocycles. The normalized spacial score (nSPS) is 12.1. The molecule has 0 heterocycles. The van der Waals surface area contributed by atoms with Gasteiger partial charge in [0, 0.05) is 23.1 Å². The van der Waals surface area contributed by atoms with E-state index in [0.29, 0.717) is 34.3 Å². The van der Waals surface area contributed by atoms with Crippen LogP contribution in [0, 0.1) is 0 Å². The number of amides is 2. The summed E-state index contributed by atoms with van der Waals surface area (Å²) in [6, 6.07) is 10.6. The average molecular weight is 559 g/mol. The lowest BCUT2D eigenvalue weighted by Gasteiger charge is -2.33. The predicted molar refractivity (Wildman–Crippen MR) is 144 cm³/mol. The molecule has 0 aliphatic heterocycles. The summed E-state index contributed by atoms with van der Waals surface area (Å²) in [6.45, 7) is 3.76. The highest BCUT2D eigenvalue weighted by Crippen LogP contribution is 2.30. The molecular formula is C25H33Cl2N3O5S. The van der Waals surface area contributed by atoms with Gasteiger partial charge >= 0.3 is 0 Å². The molecule has 8 nitrogen and oxygen atoms in total. The van der Waals surface area contributed by atoms with E-state index in [1.165, 1.54) is 12.0 Å². The van der Waals surface area contributed by atoms with Crippen LogP contribution in [0.2, 0.25) is 10.0 Å². The van der Waals surface area contributed by atoms with Gasteiger partial charge < -0.3 is 15.0 Å². The quantitative estimate of drug-likeness (QED) is 0.366. The Labute approximate surface area is 223 Å². The third-order valence-corrected chi connectivity index (χ3v) is 7.32. The fourth-order valence-electron chi connectivity index (χ4n) is 3.69. The molecule has 2 amide bonds. The summed E-state index contributed by atoms with van der Waals surface area (Å²) in [7, 11) is -2.45. The minimum absolute atomic E-state index is 0.00192. The molecule has 0 aliphatic carbocycles. The van der Waals surface area contributed by atoms with Crippen molar-refractivity contribution in [3.05, 3.63) is 58.1 Å². The molecule has 0 saturated heterocycles. The number of hydrogen-bond donors (Lipinski definition) is 1. The third kappa shape index (κ3) is 8.01. The molecule has 2 aromatic carbocycles. The first-order chi connectivity index (χ1) is 17.0. The maximum Gasteiger partial charge on any atom is 0.244 e. The number of ether oxygens (including phenoxy) is 1. The standard InChI is InChI=1S/C25H33Cl2N3O5S/c1-5-7-14-28-25(32)21(6-2)29(16-18-12-13-19(26)15-20(18)27)24(31)17-30(36(4,33)34)22-10-8-9-11-23(22)35-3/h8-13,15,21H,5-7,14,16-17H2,1-4H3,(H,28,32). The first-order valence-electron chi connectivity index (χ1n) is 11.6. The van der Waals surface area contributed by atoms with Crippen molar-refractivity contribution in [1.29, 1.82) is 0 Å². The van der Waals surface area contributed by atoms with Crippen LogP contribution in [0.1, 0.15) is 38.7 Å². The molecule has 0 fully saturated rings. The number of halogens is 2. The zero-order chi connectivity index (χ0) is 26.9. The lowest BCUT2D eigenvalue weighted by atomic mass is 10.1. The van der Waals surface area contributed by atoms with Crippen LogP contribution in [-0.2, 0) is 26.2 Å². The SMILES string of the molecule is CCCCNC(=O)C(CC)N(Cc1ccc(Cl)cc1Cl)C(=O)CN(c1ccccc1OC)S(C)(=O)=O. The molecule has 198 valence electrons. The summed E-state index contributed by atoms with van der Waals surface area (Å²) in [5.74, 6) is -0.574. The van der Waals surface area contributed by atoms with Crippen LogP contribution in [-0.4, -0.2) is 57.6 Å². The number of methoxy groups -OCH3 is 1. The van der Waals surface area contributed by atoms with E-state index in [1.807, 2.05) is 6.92 Å². The van der Waals surface area contributed by atoms with E-state index in [1.54, 1.807) is 49.4 Å². The summed E-state index contributed by atoms with van der Waals surface area (Å²) in [5.41, 5.74) is 0.804. The fraction of sp³-hybridized carbons (Fsp3) is 0.440. The van der Waals surface area contributed by atoms with Gasteiger partial charge in [-0.05, 0) is 42.7 Å². The second-order valence-electron chi connectivity index (χ2n) is 8.27. The molecule has 1 unspecified atom stereocenters. The number of benzene rings is 2. The molecule has 2 aromatic rings. The van der Waals surface area contributed by atoms with Crippen LogP contribution in [0.3, 0.4) is 0 Å². The van der Waals surface area contributed by atoms with Crippen LogP contribution in [0.25, 0.3) is 0 Å². The monoisotopic (exact) mass is 557 g/mol. The minimum Gasteiger partial charge on any atom is -0.495 e. The zero-order valence-electron chi connectivity index (χ0n) is 21.0. The fourth-order valence-corrected chi connectivity index (χ4v) is 5.01. The van der Waals surface area contributed by atoms with Gasteiger partial charge in [0.15, 0.2) is 0 Å². The largest absolute Gasteiger partial charge is 0.495 e. The number of rotatable bonds is 13. The van der Waals surface area contributed by atoms with Crippen molar-refractivity contribution >= 4 is 50.7 Å².